The molecule has 0 saturated carbocycles. The second kappa shape index (κ2) is 8.60. The lowest BCUT2D eigenvalue weighted by Gasteiger charge is -2.47. The smallest absolute Gasteiger partial charge is 0.170 e. The largest absolute Gasteiger partial charge is 0.497 e. The van der Waals surface area contributed by atoms with Gasteiger partial charge in [-0.25, -0.2) is 0 Å². The first kappa shape index (κ1) is 21.2. The number of ether oxygens (including phenoxy) is 1. The molecule has 1 heterocycles. The average molecular weight is 422 g/mol. The minimum atomic E-state index is -1.56. The van der Waals surface area contributed by atoms with Crippen molar-refractivity contribution < 1.29 is 4.74 Å². The van der Waals surface area contributed by atoms with Gasteiger partial charge >= 0.3 is 0 Å². The summed E-state index contributed by atoms with van der Waals surface area (Å²) in [6.45, 7) is 1.26. The Kier molecular flexibility index (Phi) is 5.69. The lowest BCUT2D eigenvalue weighted by molar-refractivity contribution is 0.211. The lowest BCUT2D eigenvalue weighted by Crippen LogP contribution is -2.53. The highest BCUT2D eigenvalue weighted by molar-refractivity contribution is 5.54. The fraction of sp³-hybridized carbons (Fsp3) is 0.269. The molecule has 2 N–H and O–H groups in total. The Morgan fingerprint density at radius 1 is 1.06 bits per heavy atom. The second-order valence-electron chi connectivity index (χ2n) is 8.14. The molecule has 0 radical (unpaired) electrons. The van der Waals surface area contributed by atoms with Gasteiger partial charge in [-0.15, -0.1) is 0 Å². The van der Waals surface area contributed by atoms with Crippen molar-refractivity contribution in [3.8, 4) is 24.0 Å². The summed E-state index contributed by atoms with van der Waals surface area (Å²) in [6, 6.07) is 23.1. The van der Waals surface area contributed by atoms with E-state index in [2.05, 4.69) is 35.2 Å². The third-order valence-corrected chi connectivity index (χ3v) is 6.49. The van der Waals surface area contributed by atoms with Crippen molar-refractivity contribution >= 4 is 0 Å². The Morgan fingerprint density at radius 2 is 1.75 bits per heavy atom. The van der Waals surface area contributed by atoms with Crippen LogP contribution in [0.3, 0.4) is 0 Å². The number of allylic oxidation sites excluding steroid dienone is 1. The summed E-state index contributed by atoms with van der Waals surface area (Å²) in [5.74, 6) is -0.0318. The monoisotopic (exact) mass is 421 g/mol. The van der Waals surface area contributed by atoms with E-state index in [0.717, 1.165) is 16.7 Å². The Balaban J connectivity index is 1.83. The summed E-state index contributed by atoms with van der Waals surface area (Å²) in [5, 5.41) is 30.3. The molecule has 0 bridgehead atoms. The minimum Gasteiger partial charge on any atom is -0.497 e. The van der Waals surface area contributed by atoms with Crippen molar-refractivity contribution in [2.45, 2.75) is 18.5 Å². The molecule has 1 aliphatic heterocycles. The van der Waals surface area contributed by atoms with E-state index in [0.29, 0.717) is 24.4 Å². The van der Waals surface area contributed by atoms with E-state index in [4.69, 9.17) is 10.5 Å². The molecule has 1 aliphatic carbocycles. The SMILES string of the molecule is COc1ccc([C@H]2[C@H]3CN(Cc4ccccc4)C=CC3=C(C#N)[C@H](N)C2(C#N)C#N)cc1. The summed E-state index contributed by atoms with van der Waals surface area (Å²) < 4.78 is 5.28. The van der Waals surface area contributed by atoms with E-state index in [1.54, 1.807) is 7.11 Å². The zero-order chi connectivity index (χ0) is 22.7. The first-order valence-corrected chi connectivity index (χ1v) is 10.4. The zero-order valence-electron chi connectivity index (χ0n) is 17.8. The predicted octanol–water partition coefficient (Wildman–Crippen LogP) is 3.62. The van der Waals surface area contributed by atoms with Crippen LogP contribution in [0.4, 0.5) is 0 Å². The molecule has 6 nitrogen and oxygen atoms in total. The Bertz CT molecular complexity index is 1160. The topological polar surface area (TPSA) is 110 Å². The Morgan fingerprint density at radius 3 is 2.34 bits per heavy atom. The highest BCUT2D eigenvalue weighted by Gasteiger charge is 2.56. The number of nitriles is 3. The zero-order valence-corrected chi connectivity index (χ0v) is 17.8. The van der Waals surface area contributed by atoms with Gasteiger partial charge < -0.3 is 15.4 Å². The van der Waals surface area contributed by atoms with E-state index >= 15 is 0 Å². The van der Waals surface area contributed by atoms with Gasteiger partial charge in [0.05, 0.1) is 36.9 Å². The van der Waals surface area contributed by atoms with Gasteiger partial charge in [0.15, 0.2) is 5.41 Å². The van der Waals surface area contributed by atoms with Gasteiger partial charge in [0.25, 0.3) is 0 Å². The molecule has 4 rings (SSSR count). The van der Waals surface area contributed by atoms with E-state index in [-0.39, 0.29) is 5.92 Å². The van der Waals surface area contributed by atoms with Crippen LogP contribution in [0.25, 0.3) is 0 Å². The van der Waals surface area contributed by atoms with Crippen LogP contribution < -0.4 is 10.5 Å². The Hall–Kier alpha value is -4.05. The molecule has 0 saturated heterocycles. The number of rotatable bonds is 4. The van der Waals surface area contributed by atoms with Crippen LogP contribution in [-0.2, 0) is 6.54 Å². The highest BCUT2D eigenvalue weighted by atomic mass is 16.5. The molecule has 0 amide bonds. The maximum atomic E-state index is 10.2. The van der Waals surface area contributed by atoms with Crippen LogP contribution >= 0.6 is 0 Å². The lowest BCUT2D eigenvalue weighted by atomic mass is 9.56. The quantitative estimate of drug-likeness (QED) is 0.807. The molecule has 0 spiro atoms. The summed E-state index contributed by atoms with van der Waals surface area (Å²) in [7, 11) is 1.59. The van der Waals surface area contributed by atoms with E-state index in [9.17, 15) is 15.8 Å². The van der Waals surface area contributed by atoms with Gasteiger partial charge in [0.2, 0.25) is 0 Å². The number of hydrogen-bond acceptors (Lipinski definition) is 6. The first-order chi connectivity index (χ1) is 15.6. The molecule has 6 heteroatoms. The molecular weight excluding hydrogens is 398 g/mol. The fourth-order valence-corrected chi connectivity index (χ4v) is 4.89. The van der Waals surface area contributed by atoms with E-state index in [1.165, 1.54) is 0 Å². The van der Waals surface area contributed by atoms with Gasteiger partial charge in [-0.3, -0.25) is 0 Å². The van der Waals surface area contributed by atoms with Crippen molar-refractivity contribution in [3.05, 3.63) is 89.1 Å². The maximum absolute atomic E-state index is 10.2. The summed E-state index contributed by atoms with van der Waals surface area (Å²) in [5.41, 5.74) is 8.00. The van der Waals surface area contributed by atoms with Crippen LogP contribution in [0.2, 0.25) is 0 Å². The van der Waals surface area contributed by atoms with Crippen LogP contribution in [0.5, 0.6) is 5.75 Å². The van der Waals surface area contributed by atoms with Crippen LogP contribution in [0, 0.1) is 45.3 Å². The number of nitrogens with two attached hydrogens (primary N) is 1. The average Bonchev–Trinajstić information content (AvgIpc) is 2.84. The highest BCUT2D eigenvalue weighted by Crippen LogP contribution is 2.53. The number of nitrogens with zero attached hydrogens (tertiary/aromatic N) is 4. The molecule has 0 unspecified atom stereocenters. The molecule has 2 aliphatic rings. The number of benzene rings is 2. The third-order valence-electron chi connectivity index (χ3n) is 6.49. The second-order valence-corrected chi connectivity index (χ2v) is 8.14. The van der Waals surface area contributed by atoms with E-state index < -0.39 is 17.4 Å². The van der Waals surface area contributed by atoms with Gasteiger partial charge in [-0.1, -0.05) is 42.5 Å². The van der Waals surface area contributed by atoms with Gasteiger partial charge in [-0.2, -0.15) is 15.8 Å². The first-order valence-electron chi connectivity index (χ1n) is 10.4. The molecule has 2 aromatic rings. The van der Waals surface area contributed by atoms with Crippen molar-refractivity contribution in [1.29, 1.82) is 15.8 Å². The molecule has 0 fully saturated rings. The van der Waals surface area contributed by atoms with Crippen molar-refractivity contribution in [1.82, 2.24) is 4.90 Å². The normalized spacial score (nSPS) is 23.5. The molecule has 32 heavy (non-hydrogen) atoms. The number of hydrogen-bond donors (Lipinski definition) is 1. The Labute approximate surface area is 188 Å². The van der Waals surface area contributed by atoms with Gasteiger partial charge in [0.1, 0.15) is 5.75 Å². The van der Waals surface area contributed by atoms with E-state index in [1.807, 2.05) is 54.7 Å². The van der Waals surface area contributed by atoms with Crippen LogP contribution in [0.1, 0.15) is 17.0 Å². The fourth-order valence-electron chi connectivity index (χ4n) is 4.89. The van der Waals surface area contributed by atoms with Crippen molar-refractivity contribution in [3.63, 3.8) is 0 Å². The molecule has 2 aromatic carbocycles. The number of fused-ring (bicyclic) bond motifs is 1. The molecule has 3 atom stereocenters. The standard InChI is InChI=1S/C26H23N5O/c1-32-20-9-7-19(8-10-20)24-23-15-31(14-18-5-3-2-4-6-18)12-11-21(23)22(13-27)25(30)26(24,16-28)17-29/h2-12,23-25H,14-15,30H2,1H3/t23-,24-,25-/m0/s1. The molecule has 0 aromatic heterocycles. The number of methoxy groups -OCH3 is 1. The third kappa shape index (κ3) is 3.40. The van der Waals surface area contributed by atoms with Gasteiger partial charge in [0, 0.05) is 24.9 Å². The van der Waals surface area contributed by atoms with Crippen molar-refractivity contribution in [2.24, 2.45) is 17.1 Å². The summed E-state index contributed by atoms with van der Waals surface area (Å²) in [4.78, 5) is 2.16. The maximum Gasteiger partial charge on any atom is 0.170 e. The minimum absolute atomic E-state index is 0.231. The predicted molar refractivity (Wildman–Crippen MR) is 119 cm³/mol. The summed E-state index contributed by atoms with van der Waals surface area (Å²) >= 11 is 0. The van der Waals surface area contributed by atoms with Crippen LogP contribution in [0.15, 0.2) is 78.0 Å². The van der Waals surface area contributed by atoms with Crippen LogP contribution in [-0.4, -0.2) is 24.6 Å². The van der Waals surface area contributed by atoms with Gasteiger partial charge in [-0.05, 0) is 41.1 Å². The van der Waals surface area contributed by atoms with Crippen molar-refractivity contribution in [2.75, 3.05) is 13.7 Å². The molecule has 158 valence electrons. The molecular formula is C26H23N5O. The summed E-state index contributed by atoms with van der Waals surface area (Å²) in [6.07, 6.45) is 3.89.